The van der Waals surface area contributed by atoms with E-state index in [1.165, 1.54) is 16.4 Å². The first-order valence-corrected chi connectivity index (χ1v) is 10.1. The van der Waals surface area contributed by atoms with Crippen molar-refractivity contribution < 1.29 is 17.9 Å². The Morgan fingerprint density at radius 1 is 1.20 bits per heavy atom. The Morgan fingerprint density at radius 2 is 1.84 bits per heavy atom. The minimum Gasteiger partial charge on any atom is -0.382 e. The van der Waals surface area contributed by atoms with Gasteiger partial charge in [0.2, 0.25) is 10.0 Å². The molecule has 0 unspecified atom stereocenters. The number of rotatable bonds is 7. The van der Waals surface area contributed by atoms with E-state index in [-0.39, 0.29) is 24.0 Å². The number of benzene rings is 1. The van der Waals surface area contributed by atoms with Gasteiger partial charge in [-0.05, 0) is 37.6 Å². The molecule has 2 amide bonds. The molecule has 1 N–H and O–H groups in total. The first-order chi connectivity index (χ1) is 11.9. The highest BCUT2D eigenvalue weighted by atomic mass is 35.5. The standard InChI is InChI=1S/C16H24ClN3O4S/c1-2-24-13-3-8-18-16(21)19-9-11-20(12-10-19)25(22,23)15-6-4-14(17)5-7-15/h4-7H,2-3,8-13H2,1H3,(H,18,21). The van der Waals surface area contributed by atoms with Crippen LogP contribution in [-0.4, -0.2) is 69.6 Å². The summed E-state index contributed by atoms with van der Waals surface area (Å²) in [5.41, 5.74) is 0. The highest BCUT2D eigenvalue weighted by molar-refractivity contribution is 7.89. The molecule has 25 heavy (non-hydrogen) atoms. The first-order valence-electron chi connectivity index (χ1n) is 8.31. The molecule has 0 aliphatic carbocycles. The van der Waals surface area contributed by atoms with Crippen molar-refractivity contribution in [3.8, 4) is 0 Å². The summed E-state index contributed by atoms with van der Waals surface area (Å²) in [7, 11) is -3.56. The average Bonchev–Trinajstić information content (AvgIpc) is 2.62. The van der Waals surface area contributed by atoms with Crippen LogP contribution >= 0.6 is 11.6 Å². The molecule has 1 aromatic carbocycles. The second-order valence-corrected chi connectivity index (χ2v) is 8.00. The van der Waals surface area contributed by atoms with Crippen LogP contribution in [0.3, 0.4) is 0 Å². The Bertz CT molecular complexity index is 658. The second kappa shape index (κ2) is 9.38. The fourth-order valence-corrected chi connectivity index (χ4v) is 4.06. The van der Waals surface area contributed by atoms with Crippen molar-refractivity contribution in [1.82, 2.24) is 14.5 Å². The van der Waals surface area contributed by atoms with Gasteiger partial charge < -0.3 is 15.0 Å². The molecule has 0 bridgehead atoms. The van der Waals surface area contributed by atoms with Gasteiger partial charge in [0.25, 0.3) is 0 Å². The molecular weight excluding hydrogens is 366 g/mol. The Hall–Kier alpha value is -1.35. The molecule has 7 nitrogen and oxygen atoms in total. The smallest absolute Gasteiger partial charge is 0.317 e. The number of carbonyl (C=O) groups is 1. The number of ether oxygens (including phenoxy) is 1. The largest absolute Gasteiger partial charge is 0.382 e. The number of nitrogens with one attached hydrogen (secondary N) is 1. The predicted octanol–water partition coefficient (Wildman–Crippen LogP) is 1.78. The summed E-state index contributed by atoms with van der Waals surface area (Å²) in [4.78, 5) is 13.9. The maximum atomic E-state index is 12.6. The van der Waals surface area contributed by atoms with Crippen molar-refractivity contribution in [2.75, 3.05) is 45.9 Å². The van der Waals surface area contributed by atoms with E-state index in [0.717, 1.165) is 6.42 Å². The molecule has 9 heteroatoms. The summed E-state index contributed by atoms with van der Waals surface area (Å²) in [6.07, 6.45) is 0.754. The van der Waals surface area contributed by atoms with Crippen molar-refractivity contribution in [2.45, 2.75) is 18.2 Å². The number of hydrogen-bond acceptors (Lipinski definition) is 4. The molecule has 0 radical (unpaired) electrons. The number of halogens is 1. The minimum atomic E-state index is -3.56. The maximum absolute atomic E-state index is 12.6. The van der Waals surface area contributed by atoms with Gasteiger partial charge in [0.05, 0.1) is 4.90 Å². The van der Waals surface area contributed by atoms with Gasteiger partial charge >= 0.3 is 6.03 Å². The zero-order valence-corrected chi connectivity index (χ0v) is 15.9. The van der Waals surface area contributed by atoms with Gasteiger partial charge in [-0.15, -0.1) is 0 Å². The number of nitrogens with zero attached hydrogens (tertiary/aromatic N) is 2. The summed E-state index contributed by atoms with van der Waals surface area (Å²) in [5.74, 6) is 0. The van der Waals surface area contributed by atoms with Crippen molar-refractivity contribution >= 4 is 27.7 Å². The van der Waals surface area contributed by atoms with Crippen LogP contribution < -0.4 is 5.32 Å². The molecule has 0 saturated carbocycles. The van der Waals surface area contributed by atoms with E-state index in [1.807, 2.05) is 6.92 Å². The topological polar surface area (TPSA) is 79.0 Å². The molecule has 140 valence electrons. The molecule has 1 aliphatic rings. The summed E-state index contributed by atoms with van der Waals surface area (Å²) in [5, 5.41) is 3.32. The zero-order chi connectivity index (χ0) is 18.3. The lowest BCUT2D eigenvalue weighted by molar-refractivity contribution is 0.142. The summed E-state index contributed by atoms with van der Waals surface area (Å²) in [6.45, 7) is 5.03. The fourth-order valence-electron chi connectivity index (χ4n) is 2.51. The highest BCUT2D eigenvalue weighted by Crippen LogP contribution is 2.19. The molecule has 1 aromatic rings. The minimum absolute atomic E-state index is 0.167. The van der Waals surface area contributed by atoms with Gasteiger partial charge in [0.15, 0.2) is 0 Å². The van der Waals surface area contributed by atoms with Crippen LogP contribution in [0.5, 0.6) is 0 Å². The normalized spacial score (nSPS) is 16.0. The van der Waals surface area contributed by atoms with Crippen LogP contribution in [0.4, 0.5) is 4.79 Å². The van der Waals surface area contributed by atoms with Gasteiger partial charge in [-0.3, -0.25) is 0 Å². The number of amides is 2. The summed E-state index contributed by atoms with van der Waals surface area (Å²) in [6, 6.07) is 5.94. The van der Waals surface area contributed by atoms with Crippen molar-refractivity contribution in [3.63, 3.8) is 0 Å². The molecular formula is C16H24ClN3O4S. The molecule has 0 aromatic heterocycles. The van der Waals surface area contributed by atoms with E-state index in [2.05, 4.69) is 5.32 Å². The Labute approximate surface area is 153 Å². The van der Waals surface area contributed by atoms with E-state index >= 15 is 0 Å². The number of hydrogen-bond donors (Lipinski definition) is 1. The van der Waals surface area contributed by atoms with Crippen LogP contribution in [0.15, 0.2) is 29.2 Å². The van der Waals surface area contributed by atoms with E-state index < -0.39 is 10.0 Å². The van der Waals surface area contributed by atoms with Crippen molar-refractivity contribution in [2.24, 2.45) is 0 Å². The van der Waals surface area contributed by atoms with Crippen LogP contribution in [0, 0.1) is 0 Å². The van der Waals surface area contributed by atoms with Crippen molar-refractivity contribution in [1.29, 1.82) is 0 Å². The number of sulfonamides is 1. The van der Waals surface area contributed by atoms with Crippen molar-refractivity contribution in [3.05, 3.63) is 29.3 Å². The molecule has 0 atom stereocenters. The number of carbonyl (C=O) groups excluding carboxylic acids is 1. The predicted molar refractivity (Wildman–Crippen MR) is 96.3 cm³/mol. The lowest BCUT2D eigenvalue weighted by Crippen LogP contribution is -2.53. The van der Waals surface area contributed by atoms with Crippen LogP contribution in [0.1, 0.15) is 13.3 Å². The molecule has 1 aliphatic heterocycles. The lowest BCUT2D eigenvalue weighted by atomic mass is 10.4. The Balaban J connectivity index is 1.82. The van der Waals surface area contributed by atoms with Gasteiger partial charge in [0, 0.05) is 51.0 Å². The van der Waals surface area contributed by atoms with Gasteiger partial charge in [-0.1, -0.05) is 11.6 Å². The monoisotopic (exact) mass is 389 g/mol. The average molecular weight is 390 g/mol. The molecule has 0 spiro atoms. The van der Waals surface area contributed by atoms with E-state index in [9.17, 15) is 13.2 Å². The van der Waals surface area contributed by atoms with Gasteiger partial charge in [-0.2, -0.15) is 4.31 Å². The lowest BCUT2D eigenvalue weighted by Gasteiger charge is -2.34. The van der Waals surface area contributed by atoms with Gasteiger partial charge in [0.1, 0.15) is 0 Å². The Kier molecular flexibility index (Phi) is 7.49. The van der Waals surface area contributed by atoms with Crippen LogP contribution in [-0.2, 0) is 14.8 Å². The third-order valence-electron chi connectivity index (χ3n) is 3.92. The van der Waals surface area contributed by atoms with Gasteiger partial charge in [-0.25, -0.2) is 13.2 Å². The molecule has 1 heterocycles. The van der Waals surface area contributed by atoms with Crippen LogP contribution in [0.25, 0.3) is 0 Å². The molecule has 1 saturated heterocycles. The third-order valence-corrected chi connectivity index (χ3v) is 6.09. The summed E-state index contributed by atoms with van der Waals surface area (Å²) >= 11 is 5.80. The first kappa shape index (κ1) is 20.0. The third kappa shape index (κ3) is 5.57. The Morgan fingerprint density at radius 3 is 2.44 bits per heavy atom. The molecule has 1 fully saturated rings. The number of piperazine rings is 1. The van der Waals surface area contributed by atoms with E-state index in [4.69, 9.17) is 16.3 Å². The zero-order valence-electron chi connectivity index (χ0n) is 14.3. The SMILES string of the molecule is CCOCCCNC(=O)N1CCN(S(=O)(=O)c2ccc(Cl)cc2)CC1. The summed E-state index contributed by atoms with van der Waals surface area (Å²) < 4.78 is 31.8. The second-order valence-electron chi connectivity index (χ2n) is 5.63. The number of urea groups is 1. The maximum Gasteiger partial charge on any atom is 0.317 e. The van der Waals surface area contributed by atoms with E-state index in [0.29, 0.717) is 37.9 Å². The fraction of sp³-hybridized carbons (Fsp3) is 0.562. The quantitative estimate of drug-likeness (QED) is 0.721. The highest BCUT2D eigenvalue weighted by Gasteiger charge is 2.29. The van der Waals surface area contributed by atoms with Crippen LogP contribution in [0.2, 0.25) is 5.02 Å². The van der Waals surface area contributed by atoms with E-state index in [1.54, 1.807) is 17.0 Å². The molecule has 2 rings (SSSR count).